The molecule has 5 rings (SSSR count). The van der Waals surface area contributed by atoms with E-state index in [1.54, 1.807) is 12.4 Å². The molecule has 8 heteroatoms. The molecule has 0 aromatic carbocycles. The average molecular weight is 423 g/mol. The lowest BCUT2D eigenvalue weighted by Crippen LogP contribution is -2.68. The summed E-state index contributed by atoms with van der Waals surface area (Å²) in [5, 5.41) is 7.38. The number of hydrogen-bond donors (Lipinski definition) is 1. The van der Waals surface area contributed by atoms with Gasteiger partial charge in [0.05, 0.1) is 18.8 Å². The zero-order chi connectivity index (χ0) is 21.2. The van der Waals surface area contributed by atoms with Crippen molar-refractivity contribution in [2.24, 2.45) is 11.8 Å². The summed E-state index contributed by atoms with van der Waals surface area (Å²) >= 11 is 0. The van der Waals surface area contributed by atoms with Crippen LogP contribution in [0.1, 0.15) is 31.4 Å². The van der Waals surface area contributed by atoms with Crippen LogP contribution in [0.25, 0.3) is 0 Å². The Morgan fingerprint density at radius 2 is 2.03 bits per heavy atom. The molecular weight excluding hydrogens is 392 g/mol. The molecule has 2 bridgehead atoms. The number of rotatable bonds is 6. The van der Waals surface area contributed by atoms with Gasteiger partial charge in [0.1, 0.15) is 6.04 Å². The van der Waals surface area contributed by atoms with Gasteiger partial charge in [0.15, 0.2) is 0 Å². The minimum Gasteiger partial charge on any atom is -0.349 e. The van der Waals surface area contributed by atoms with E-state index in [1.165, 1.54) is 0 Å². The Bertz CT molecular complexity index is 902. The molecule has 0 unspecified atom stereocenters. The van der Waals surface area contributed by atoms with Gasteiger partial charge in [-0.3, -0.25) is 19.3 Å². The first-order valence-corrected chi connectivity index (χ1v) is 11.4. The predicted molar refractivity (Wildman–Crippen MR) is 115 cm³/mol. The van der Waals surface area contributed by atoms with Crippen molar-refractivity contribution in [3.63, 3.8) is 0 Å². The molecule has 0 aliphatic carbocycles. The highest BCUT2D eigenvalue weighted by atomic mass is 16.2. The molecule has 0 saturated carbocycles. The Morgan fingerprint density at radius 1 is 1.13 bits per heavy atom. The monoisotopic (exact) mass is 422 g/mol. The summed E-state index contributed by atoms with van der Waals surface area (Å²) in [5.74, 6) is 0.719. The molecule has 0 radical (unpaired) electrons. The molecule has 3 aliphatic heterocycles. The van der Waals surface area contributed by atoms with Crippen LogP contribution in [0.4, 0.5) is 0 Å². The Morgan fingerprint density at radius 3 is 2.84 bits per heavy atom. The molecule has 3 saturated heterocycles. The van der Waals surface area contributed by atoms with Gasteiger partial charge in [0.2, 0.25) is 11.8 Å². The van der Waals surface area contributed by atoms with E-state index in [0.717, 1.165) is 51.1 Å². The van der Waals surface area contributed by atoms with E-state index in [0.29, 0.717) is 18.9 Å². The SMILES string of the molecule is O=C(NCc1ccccn1)[C@H]1[C@@H]2C[C@@H](CN(CCn3cccn3)C2)[C@@H]2CCCC(=O)N21. The van der Waals surface area contributed by atoms with Crippen molar-refractivity contribution in [2.45, 2.75) is 50.9 Å². The minimum atomic E-state index is -0.384. The Kier molecular flexibility index (Phi) is 5.72. The van der Waals surface area contributed by atoms with Crippen molar-refractivity contribution < 1.29 is 9.59 Å². The highest BCUT2D eigenvalue weighted by Gasteiger charge is 2.51. The first-order valence-electron chi connectivity index (χ1n) is 11.4. The van der Waals surface area contributed by atoms with Gasteiger partial charge in [-0.2, -0.15) is 5.10 Å². The molecule has 3 fully saturated rings. The summed E-state index contributed by atoms with van der Waals surface area (Å²) in [6.07, 6.45) is 9.03. The number of aromatic nitrogens is 3. The van der Waals surface area contributed by atoms with E-state index in [2.05, 4.69) is 20.3 Å². The molecule has 0 spiro atoms. The zero-order valence-corrected chi connectivity index (χ0v) is 17.8. The fourth-order valence-electron chi connectivity index (χ4n) is 5.73. The van der Waals surface area contributed by atoms with Gasteiger partial charge in [0.25, 0.3) is 0 Å². The van der Waals surface area contributed by atoms with E-state index < -0.39 is 0 Å². The molecular formula is C23H30N6O2. The molecule has 8 nitrogen and oxygen atoms in total. The molecule has 2 amide bonds. The second-order valence-corrected chi connectivity index (χ2v) is 9.03. The lowest BCUT2D eigenvalue weighted by atomic mass is 9.71. The summed E-state index contributed by atoms with van der Waals surface area (Å²) in [4.78, 5) is 35.0. The quantitative estimate of drug-likeness (QED) is 0.759. The summed E-state index contributed by atoms with van der Waals surface area (Å²) in [7, 11) is 0. The van der Waals surface area contributed by atoms with Crippen LogP contribution in [0, 0.1) is 11.8 Å². The van der Waals surface area contributed by atoms with Crippen LogP contribution < -0.4 is 5.32 Å². The van der Waals surface area contributed by atoms with Crippen LogP contribution in [0.15, 0.2) is 42.9 Å². The van der Waals surface area contributed by atoms with Crippen LogP contribution in [0.3, 0.4) is 0 Å². The van der Waals surface area contributed by atoms with Gasteiger partial charge >= 0.3 is 0 Å². The Balaban J connectivity index is 1.32. The lowest BCUT2D eigenvalue weighted by molar-refractivity contribution is -0.160. The fourth-order valence-corrected chi connectivity index (χ4v) is 5.73. The summed E-state index contributed by atoms with van der Waals surface area (Å²) in [5.41, 5.74) is 0.829. The van der Waals surface area contributed by atoms with E-state index >= 15 is 0 Å². The molecule has 164 valence electrons. The number of amides is 2. The highest BCUT2D eigenvalue weighted by molar-refractivity contribution is 5.89. The second-order valence-electron chi connectivity index (χ2n) is 9.03. The van der Waals surface area contributed by atoms with Crippen LogP contribution in [0.5, 0.6) is 0 Å². The molecule has 1 N–H and O–H groups in total. The van der Waals surface area contributed by atoms with Crippen LogP contribution in [0.2, 0.25) is 0 Å². The predicted octanol–water partition coefficient (Wildman–Crippen LogP) is 1.30. The van der Waals surface area contributed by atoms with Gasteiger partial charge in [-0.1, -0.05) is 6.07 Å². The zero-order valence-electron chi connectivity index (χ0n) is 17.8. The number of carbonyl (C=O) groups is 2. The molecule has 2 aromatic rings. The van der Waals surface area contributed by atoms with Gasteiger partial charge in [-0.05, 0) is 43.4 Å². The number of carbonyl (C=O) groups excluding carboxylic acids is 2. The van der Waals surface area contributed by atoms with E-state index in [-0.39, 0.29) is 29.8 Å². The first-order chi connectivity index (χ1) is 15.2. The van der Waals surface area contributed by atoms with Crippen LogP contribution in [-0.4, -0.2) is 68.1 Å². The van der Waals surface area contributed by atoms with E-state index in [1.807, 2.05) is 40.0 Å². The third-order valence-corrected chi connectivity index (χ3v) is 7.06. The van der Waals surface area contributed by atoms with Crippen molar-refractivity contribution in [3.05, 3.63) is 48.5 Å². The van der Waals surface area contributed by atoms with Crippen LogP contribution >= 0.6 is 0 Å². The topological polar surface area (TPSA) is 83.4 Å². The van der Waals surface area contributed by atoms with Crippen LogP contribution in [-0.2, 0) is 22.7 Å². The summed E-state index contributed by atoms with van der Waals surface area (Å²) < 4.78 is 1.96. The molecule has 4 atom stereocenters. The van der Waals surface area contributed by atoms with Gasteiger partial charge < -0.3 is 15.1 Å². The molecule has 31 heavy (non-hydrogen) atoms. The van der Waals surface area contributed by atoms with Gasteiger partial charge in [-0.15, -0.1) is 0 Å². The van der Waals surface area contributed by atoms with E-state index in [9.17, 15) is 9.59 Å². The number of nitrogens with one attached hydrogen (secondary N) is 1. The lowest BCUT2D eigenvalue weighted by Gasteiger charge is -2.55. The Labute approximate surface area is 182 Å². The number of hydrogen-bond acceptors (Lipinski definition) is 5. The third kappa shape index (κ3) is 4.21. The molecule has 2 aromatic heterocycles. The maximum absolute atomic E-state index is 13.4. The smallest absolute Gasteiger partial charge is 0.243 e. The van der Waals surface area contributed by atoms with Crippen molar-refractivity contribution in [1.29, 1.82) is 0 Å². The van der Waals surface area contributed by atoms with Crippen molar-refractivity contribution in [3.8, 4) is 0 Å². The van der Waals surface area contributed by atoms with E-state index in [4.69, 9.17) is 0 Å². The van der Waals surface area contributed by atoms with Crippen molar-refractivity contribution >= 4 is 11.8 Å². The van der Waals surface area contributed by atoms with Crippen molar-refractivity contribution in [2.75, 3.05) is 19.6 Å². The maximum atomic E-state index is 13.4. The van der Waals surface area contributed by atoms with Crippen molar-refractivity contribution in [1.82, 2.24) is 29.9 Å². The molecule has 5 heterocycles. The summed E-state index contributed by atoms with van der Waals surface area (Å²) in [6, 6.07) is 7.43. The fraction of sp³-hybridized carbons (Fsp3) is 0.565. The third-order valence-electron chi connectivity index (χ3n) is 7.06. The second kappa shape index (κ2) is 8.78. The van der Waals surface area contributed by atoms with Gasteiger partial charge in [-0.25, -0.2) is 0 Å². The number of fused-ring (bicyclic) bond motifs is 4. The maximum Gasteiger partial charge on any atom is 0.243 e. The largest absolute Gasteiger partial charge is 0.349 e. The highest BCUT2D eigenvalue weighted by Crippen LogP contribution is 2.41. The summed E-state index contributed by atoms with van der Waals surface area (Å²) in [6.45, 7) is 3.99. The molecule has 3 aliphatic rings. The Hall–Kier alpha value is -2.74. The number of nitrogens with zero attached hydrogens (tertiary/aromatic N) is 5. The minimum absolute atomic E-state index is 0.0386. The number of piperidine rings is 3. The first kappa shape index (κ1) is 20.2. The van der Waals surface area contributed by atoms with Gasteiger partial charge in [0, 0.05) is 56.6 Å². The number of pyridine rings is 1. The number of likely N-dealkylation sites (tertiary alicyclic amines) is 1. The normalized spacial score (nSPS) is 28.3. The average Bonchev–Trinajstić information content (AvgIpc) is 3.31. The standard InChI is InChI=1S/C23H30N6O2/c30-21-7-3-6-20-17-13-18(16-27(15-17)11-12-28-10-4-9-26-28)22(29(20)21)23(31)25-14-19-5-1-2-8-24-19/h1-2,4-5,8-10,17-18,20,22H,3,6-7,11-16H2,(H,25,31)/t17-,18+,20-,22+/m0/s1.